The summed E-state index contributed by atoms with van der Waals surface area (Å²) < 4.78 is 12.3. The third kappa shape index (κ3) is 4.24. The van der Waals surface area contributed by atoms with Crippen molar-refractivity contribution in [2.45, 2.75) is 20.8 Å². The topological polar surface area (TPSA) is 77.8 Å². The molecular formula is C21H21ClN2O5S. The summed E-state index contributed by atoms with van der Waals surface area (Å²) in [5.74, 6) is -0.474. The predicted octanol–water partition coefficient (Wildman–Crippen LogP) is 4.36. The molecule has 0 unspecified atom stereocenters. The number of carbonyl (C=O) groups excluding carboxylic acids is 3. The van der Waals surface area contributed by atoms with E-state index in [1.807, 2.05) is 24.5 Å². The fourth-order valence-corrected chi connectivity index (χ4v) is 4.25. The van der Waals surface area contributed by atoms with Crippen LogP contribution in [0.4, 0.5) is 4.79 Å². The second-order valence-electron chi connectivity index (χ2n) is 6.55. The highest BCUT2D eigenvalue weighted by atomic mass is 35.5. The Morgan fingerprint density at radius 3 is 2.63 bits per heavy atom. The van der Waals surface area contributed by atoms with Gasteiger partial charge < -0.3 is 14.0 Å². The molecule has 0 bridgehead atoms. The molecule has 3 rings (SSSR count). The molecule has 0 N–H and O–H groups in total. The van der Waals surface area contributed by atoms with Gasteiger partial charge >= 0.3 is 5.97 Å². The number of rotatable bonds is 6. The molecule has 0 aliphatic carbocycles. The lowest BCUT2D eigenvalue weighted by atomic mass is 10.2. The third-order valence-corrected chi connectivity index (χ3v) is 5.75. The highest BCUT2D eigenvalue weighted by molar-refractivity contribution is 8.18. The first-order chi connectivity index (χ1) is 14.3. The predicted molar refractivity (Wildman–Crippen MR) is 116 cm³/mol. The number of benzene rings is 1. The normalized spacial score (nSPS) is 15.2. The van der Waals surface area contributed by atoms with Gasteiger partial charge in [-0.15, -0.1) is 0 Å². The molecule has 1 fully saturated rings. The molecule has 30 heavy (non-hydrogen) atoms. The van der Waals surface area contributed by atoms with Crippen molar-refractivity contribution in [3.8, 4) is 11.4 Å². The van der Waals surface area contributed by atoms with Gasteiger partial charge in [-0.25, -0.2) is 0 Å². The number of thioether (sulfide) groups is 1. The number of aromatic nitrogens is 1. The van der Waals surface area contributed by atoms with Crippen LogP contribution in [-0.2, 0) is 14.3 Å². The number of halogens is 1. The van der Waals surface area contributed by atoms with Gasteiger partial charge in [0.15, 0.2) is 0 Å². The van der Waals surface area contributed by atoms with E-state index in [0.29, 0.717) is 10.8 Å². The first-order valence-electron chi connectivity index (χ1n) is 9.20. The molecule has 158 valence electrons. The molecule has 9 heteroatoms. The van der Waals surface area contributed by atoms with Crippen LogP contribution < -0.4 is 4.74 Å². The molecule has 1 aromatic carbocycles. The highest BCUT2D eigenvalue weighted by Gasteiger charge is 2.36. The molecule has 2 aromatic rings. The standard InChI is InChI=1S/C21H21ClN2O5S/c1-5-29-19(25)11-23-20(26)18(30-21(23)27)9-14-8-12(2)24(13(14)3)16-10-15(22)6-7-17(16)28-4/h6-10H,5,11H2,1-4H3/b18-9+. The lowest BCUT2D eigenvalue weighted by Gasteiger charge is -2.14. The second-order valence-corrected chi connectivity index (χ2v) is 7.98. The van der Waals surface area contributed by atoms with Gasteiger partial charge in [0.25, 0.3) is 11.1 Å². The summed E-state index contributed by atoms with van der Waals surface area (Å²) in [6.45, 7) is 5.29. The number of methoxy groups -OCH3 is 1. The molecule has 0 radical (unpaired) electrons. The number of nitrogens with zero attached hydrogens (tertiary/aromatic N) is 2. The van der Waals surface area contributed by atoms with Crippen molar-refractivity contribution in [3.63, 3.8) is 0 Å². The Balaban J connectivity index is 1.96. The van der Waals surface area contributed by atoms with E-state index >= 15 is 0 Å². The fraction of sp³-hybridized carbons (Fsp3) is 0.286. The van der Waals surface area contributed by atoms with E-state index in [1.54, 1.807) is 38.3 Å². The number of ether oxygens (including phenoxy) is 2. The van der Waals surface area contributed by atoms with Crippen molar-refractivity contribution in [2.75, 3.05) is 20.3 Å². The minimum absolute atomic E-state index is 0.184. The zero-order chi connectivity index (χ0) is 22.0. The summed E-state index contributed by atoms with van der Waals surface area (Å²) in [7, 11) is 1.58. The average Bonchev–Trinajstić information content (AvgIpc) is 3.11. The number of esters is 1. The molecule has 0 saturated carbocycles. The summed E-state index contributed by atoms with van der Waals surface area (Å²) in [5, 5.41) is 0.0737. The number of amides is 2. The zero-order valence-corrected chi connectivity index (χ0v) is 18.6. The molecule has 0 atom stereocenters. The smallest absolute Gasteiger partial charge is 0.326 e. The van der Waals surface area contributed by atoms with Crippen LogP contribution in [0, 0.1) is 13.8 Å². The molecule has 1 aromatic heterocycles. The number of aryl methyl sites for hydroxylation is 1. The van der Waals surface area contributed by atoms with Crippen LogP contribution in [0.5, 0.6) is 5.75 Å². The minimum Gasteiger partial charge on any atom is -0.495 e. The van der Waals surface area contributed by atoms with Crippen LogP contribution >= 0.6 is 23.4 Å². The Kier molecular flexibility index (Phi) is 6.58. The van der Waals surface area contributed by atoms with E-state index in [-0.39, 0.29) is 11.5 Å². The Hall–Kier alpha value is -2.71. The van der Waals surface area contributed by atoms with E-state index < -0.39 is 23.7 Å². The van der Waals surface area contributed by atoms with Crippen molar-refractivity contribution >= 4 is 46.6 Å². The lowest BCUT2D eigenvalue weighted by molar-refractivity contribution is -0.145. The molecule has 0 spiro atoms. The van der Waals surface area contributed by atoms with Crippen molar-refractivity contribution < 1.29 is 23.9 Å². The van der Waals surface area contributed by atoms with E-state index in [4.69, 9.17) is 21.1 Å². The molecule has 7 nitrogen and oxygen atoms in total. The van der Waals surface area contributed by atoms with Gasteiger partial charge in [-0.3, -0.25) is 19.3 Å². The molecular weight excluding hydrogens is 428 g/mol. The summed E-state index contributed by atoms with van der Waals surface area (Å²) in [4.78, 5) is 37.7. The van der Waals surface area contributed by atoms with E-state index in [9.17, 15) is 14.4 Å². The van der Waals surface area contributed by atoms with Crippen LogP contribution in [0.1, 0.15) is 23.9 Å². The van der Waals surface area contributed by atoms with Crippen LogP contribution in [-0.4, -0.2) is 46.8 Å². The van der Waals surface area contributed by atoms with Gasteiger partial charge in [-0.05, 0) is 68.4 Å². The van der Waals surface area contributed by atoms with Crippen molar-refractivity contribution in [2.24, 2.45) is 0 Å². The fourth-order valence-electron chi connectivity index (χ4n) is 3.26. The Labute approximate surface area is 183 Å². The number of carbonyl (C=O) groups is 3. The zero-order valence-electron chi connectivity index (χ0n) is 17.0. The van der Waals surface area contributed by atoms with E-state index in [1.165, 1.54) is 0 Å². The third-order valence-electron chi connectivity index (χ3n) is 4.60. The van der Waals surface area contributed by atoms with Gasteiger partial charge in [-0.1, -0.05) is 11.6 Å². The second kappa shape index (κ2) is 8.97. The number of hydrogen-bond acceptors (Lipinski definition) is 6. The Bertz CT molecular complexity index is 1060. The Morgan fingerprint density at radius 2 is 1.97 bits per heavy atom. The van der Waals surface area contributed by atoms with Gasteiger partial charge in [0.2, 0.25) is 0 Å². The van der Waals surface area contributed by atoms with Crippen LogP contribution in [0.3, 0.4) is 0 Å². The largest absolute Gasteiger partial charge is 0.495 e. The van der Waals surface area contributed by atoms with Crippen molar-refractivity contribution in [1.82, 2.24) is 9.47 Å². The molecule has 1 aliphatic heterocycles. The SMILES string of the molecule is CCOC(=O)CN1C(=O)S/C(=C/c2cc(C)n(-c3cc(Cl)ccc3OC)c2C)C1=O. The summed E-state index contributed by atoms with van der Waals surface area (Å²) in [6.07, 6.45) is 1.66. The monoisotopic (exact) mass is 448 g/mol. The van der Waals surface area contributed by atoms with E-state index in [0.717, 1.165) is 39.3 Å². The molecule has 2 amide bonds. The van der Waals surface area contributed by atoms with Crippen LogP contribution in [0.2, 0.25) is 5.02 Å². The molecule has 1 saturated heterocycles. The van der Waals surface area contributed by atoms with E-state index in [2.05, 4.69) is 0 Å². The summed E-state index contributed by atoms with van der Waals surface area (Å²) >= 11 is 6.98. The first kappa shape index (κ1) is 22.0. The van der Waals surface area contributed by atoms with Crippen molar-refractivity contribution in [3.05, 3.63) is 51.1 Å². The summed E-state index contributed by atoms with van der Waals surface area (Å²) in [5.41, 5.74) is 3.31. The maximum atomic E-state index is 12.6. The highest BCUT2D eigenvalue weighted by Crippen LogP contribution is 2.35. The van der Waals surface area contributed by atoms with Gasteiger partial charge in [0.05, 0.1) is 24.3 Å². The minimum atomic E-state index is -0.618. The molecule has 1 aliphatic rings. The van der Waals surface area contributed by atoms with Gasteiger partial charge in [0, 0.05) is 16.4 Å². The van der Waals surface area contributed by atoms with Gasteiger partial charge in [-0.2, -0.15) is 0 Å². The lowest BCUT2D eigenvalue weighted by Crippen LogP contribution is -2.34. The van der Waals surface area contributed by atoms with Crippen molar-refractivity contribution in [1.29, 1.82) is 0 Å². The number of hydrogen-bond donors (Lipinski definition) is 0. The Morgan fingerprint density at radius 1 is 1.23 bits per heavy atom. The number of imide groups is 1. The van der Waals surface area contributed by atoms with Gasteiger partial charge in [0.1, 0.15) is 12.3 Å². The summed E-state index contributed by atoms with van der Waals surface area (Å²) in [6, 6.07) is 7.25. The molecule has 2 heterocycles. The maximum Gasteiger partial charge on any atom is 0.326 e. The van der Waals surface area contributed by atoms with Crippen LogP contribution in [0.25, 0.3) is 11.8 Å². The first-order valence-corrected chi connectivity index (χ1v) is 10.4. The quantitative estimate of drug-likeness (QED) is 0.482. The average molecular weight is 449 g/mol. The maximum absolute atomic E-state index is 12.6. The van der Waals surface area contributed by atoms with Crippen LogP contribution in [0.15, 0.2) is 29.2 Å².